The third-order valence-electron chi connectivity index (χ3n) is 3.95. The quantitative estimate of drug-likeness (QED) is 0.635. The van der Waals surface area contributed by atoms with Crippen LogP contribution < -0.4 is 24.8 Å². The van der Waals surface area contributed by atoms with Crippen LogP contribution in [0, 0.1) is 0 Å². The molecular weight excluding hydrogens is 330 g/mol. The molecule has 0 aliphatic carbocycles. The summed E-state index contributed by atoms with van der Waals surface area (Å²) in [6.45, 7) is 4.67. The van der Waals surface area contributed by atoms with Crippen molar-refractivity contribution in [3.05, 3.63) is 48.0 Å². The molecule has 0 unspecified atom stereocenters. The van der Waals surface area contributed by atoms with Gasteiger partial charge in [-0.1, -0.05) is 18.2 Å². The first-order chi connectivity index (χ1) is 12.8. The molecule has 6 heteroatoms. The Morgan fingerprint density at radius 3 is 2.73 bits per heavy atom. The number of hydrogen-bond acceptors (Lipinski definition) is 4. The number of anilines is 1. The van der Waals surface area contributed by atoms with E-state index in [1.54, 1.807) is 7.11 Å². The first-order valence-corrected chi connectivity index (χ1v) is 8.87. The summed E-state index contributed by atoms with van der Waals surface area (Å²) >= 11 is 0. The molecule has 0 radical (unpaired) electrons. The maximum Gasteiger partial charge on any atom is 0.196 e. The molecule has 1 aliphatic rings. The van der Waals surface area contributed by atoms with Crippen LogP contribution >= 0.6 is 0 Å². The average Bonchev–Trinajstić information content (AvgIpc) is 2.91. The van der Waals surface area contributed by atoms with Crippen LogP contribution in [0.25, 0.3) is 0 Å². The summed E-state index contributed by atoms with van der Waals surface area (Å²) in [5.41, 5.74) is 1.93. The lowest BCUT2D eigenvalue weighted by atomic mass is 10.2. The van der Waals surface area contributed by atoms with E-state index < -0.39 is 0 Å². The van der Waals surface area contributed by atoms with Gasteiger partial charge >= 0.3 is 0 Å². The van der Waals surface area contributed by atoms with E-state index in [9.17, 15) is 0 Å². The van der Waals surface area contributed by atoms with E-state index >= 15 is 0 Å². The Balaban J connectivity index is 1.75. The Labute approximate surface area is 154 Å². The number of benzene rings is 2. The maximum atomic E-state index is 5.75. The molecule has 0 aromatic heterocycles. The highest BCUT2D eigenvalue weighted by molar-refractivity contribution is 5.93. The highest BCUT2D eigenvalue weighted by Crippen LogP contribution is 2.32. The monoisotopic (exact) mass is 355 g/mol. The van der Waals surface area contributed by atoms with Crippen LogP contribution in [0.15, 0.2) is 47.5 Å². The van der Waals surface area contributed by atoms with Gasteiger partial charge in [0, 0.05) is 30.3 Å². The standard InChI is InChI=1S/C20H25N3O3/c1-3-21-20(22-14-15-7-4-5-8-17(15)24-2)23-16-9-10-18-19(13-16)26-12-6-11-25-18/h4-5,7-10,13H,3,6,11-12,14H2,1-2H3,(H2,21,22,23). The fraction of sp³-hybridized carbons (Fsp3) is 0.350. The second-order valence-corrected chi connectivity index (χ2v) is 5.84. The van der Waals surface area contributed by atoms with Crippen molar-refractivity contribution in [3.63, 3.8) is 0 Å². The average molecular weight is 355 g/mol. The highest BCUT2D eigenvalue weighted by Gasteiger charge is 2.11. The van der Waals surface area contributed by atoms with Crippen LogP contribution in [0.1, 0.15) is 18.9 Å². The van der Waals surface area contributed by atoms with E-state index in [4.69, 9.17) is 14.2 Å². The molecule has 138 valence electrons. The van der Waals surface area contributed by atoms with Gasteiger partial charge in [-0.3, -0.25) is 0 Å². The van der Waals surface area contributed by atoms with Crippen LogP contribution in [-0.2, 0) is 6.54 Å². The molecule has 1 heterocycles. The predicted molar refractivity (Wildman–Crippen MR) is 103 cm³/mol. The Hall–Kier alpha value is -2.89. The van der Waals surface area contributed by atoms with Crippen molar-refractivity contribution in [1.29, 1.82) is 0 Å². The number of para-hydroxylation sites is 1. The fourth-order valence-electron chi connectivity index (χ4n) is 2.68. The predicted octanol–water partition coefficient (Wildman–Crippen LogP) is 3.43. The molecule has 2 aromatic carbocycles. The largest absolute Gasteiger partial charge is 0.496 e. The Bertz CT molecular complexity index is 762. The van der Waals surface area contributed by atoms with Gasteiger partial charge in [-0.25, -0.2) is 4.99 Å². The second-order valence-electron chi connectivity index (χ2n) is 5.84. The lowest BCUT2D eigenvalue weighted by Gasteiger charge is -2.14. The van der Waals surface area contributed by atoms with E-state index in [0.29, 0.717) is 25.7 Å². The molecule has 0 amide bonds. The summed E-state index contributed by atoms with van der Waals surface area (Å²) in [7, 11) is 1.67. The lowest BCUT2D eigenvalue weighted by Crippen LogP contribution is -2.30. The smallest absolute Gasteiger partial charge is 0.196 e. The van der Waals surface area contributed by atoms with Gasteiger partial charge in [0.15, 0.2) is 17.5 Å². The molecule has 6 nitrogen and oxygen atoms in total. The molecule has 1 aliphatic heterocycles. The van der Waals surface area contributed by atoms with Gasteiger partial charge in [-0.15, -0.1) is 0 Å². The molecule has 26 heavy (non-hydrogen) atoms. The third-order valence-corrected chi connectivity index (χ3v) is 3.95. The summed E-state index contributed by atoms with van der Waals surface area (Å²) in [5, 5.41) is 6.58. The molecule has 0 fully saturated rings. The minimum Gasteiger partial charge on any atom is -0.496 e. The van der Waals surface area contributed by atoms with Gasteiger partial charge in [0.1, 0.15) is 5.75 Å². The molecule has 3 rings (SSSR count). The van der Waals surface area contributed by atoms with Crippen LogP contribution in [0.3, 0.4) is 0 Å². The Morgan fingerprint density at radius 2 is 1.92 bits per heavy atom. The summed E-state index contributed by atoms with van der Waals surface area (Å²) in [6, 6.07) is 13.7. The van der Waals surface area contributed by atoms with Crippen LogP contribution in [0.2, 0.25) is 0 Å². The summed E-state index contributed by atoms with van der Waals surface area (Å²) in [6.07, 6.45) is 0.889. The molecule has 2 aromatic rings. The number of aliphatic imine (C=N–C) groups is 1. The molecule has 0 saturated carbocycles. The van der Waals surface area contributed by atoms with Crippen molar-refractivity contribution in [2.24, 2.45) is 4.99 Å². The van der Waals surface area contributed by atoms with Gasteiger partial charge in [-0.2, -0.15) is 0 Å². The molecule has 0 saturated heterocycles. The van der Waals surface area contributed by atoms with Gasteiger partial charge in [0.25, 0.3) is 0 Å². The summed E-state index contributed by atoms with van der Waals surface area (Å²) in [5.74, 6) is 3.08. The van der Waals surface area contributed by atoms with Crippen LogP contribution in [0.5, 0.6) is 17.2 Å². The van der Waals surface area contributed by atoms with Crippen molar-refractivity contribution < 1.29 is 14.2 Å². The van der Waals surface area contributed by atoms with Gasteiger partial charge in [-0.05, 0) is 25.1 Å². The van der Waals surface area contributed by atoms with Gasteiger partial charge in [0.2, 0.25) is 0 Å². The summed E-state index contributed by atoms with van der Waals surface area (Å²) < 4.78 is 16.8. The minimum absolute atomic E-state index is 0.518. The topological polar surface area (TPSA) is 64.1 Å². The van der Waals surface area contributed by atoms with E-state index in [0.717, 1.165) is 41.5 Å². The number of methoxy groups -OCH3 is 1. The summed E-state index contributed by atoms with van der Waals surface area (Å²) in [4.78, 5) is 4.66. The Morgan fingerprint density at radius 1 is 1.12 bits per heavy atom. The Kier molecular flexibility index (Phi) is 6.19. The zero-order valence-corrected chi connectivity index (χ0v) is 15.2. The molecule has 0 spiro atoms. The van der Waals surface area contributed by atoms with E-state index in [1.165, 1.54) is 0 Å². The number of nitrogens with zero attached hydrogens (tertiary/aromatic N) is 1. The number of nitrogens with one attached hydrogen (secondary N) is 2. The molecule has 0 atom stereocenters. The zero-order chi connectivity index (χ0) is 18.2. The second kappa shape index (κ2) is 8.99. The van der Waals surface area contributed by atoms with Gasteiger partial charge in [0.05, 0.1) is 26.9 Å². The number of hydrogen-bond donors (Lipinski definition) is 2. The van der Waals surface area contributed by atoms with E-state index in [1.807, 2.05) is 49.4 Å². The third kappa shape index (κ3) is 4.59. The molecular formula is C20H25N3O3. The van der Waals surface area contributed by atoms with Crippen molar-refractivity contribution in [3.8, 4) is 17.2 Å². The van der Waals surface area contributed by atoms with Crippen LogP contribution in [-0.4, -0.2) is 32.8 Å². The first kappa shape index (κ1) is 17.9. The minimum atomic E-state index is 0.518. The SMILES string of the molecule is CCNC(=NCc1ccccc1OC)Nc1ccc2c(c1)OCCCO2. The van der Waals surface area contributed by atoms with E-state index in [-0.39, 0.29) is 0 Å². The van der Waals surface area contributed by atoms with E-state index in [2.05, 4.69) is 15.6 Å². The first-order valence-electron chi connectivity index (χ1n) is 8.87. The molecule has 0 bridgehead atoms. The number of fused-ring (bicyclic) bond motifs is 1. The van der Waals surface area contributed by atoms with Crippen molar-refractivity contribution >= 4 is 11.6 Å². The number of guanidine groups is 1. The maximum absolute atomic E-state index is 5.75. The fourth-order valence-corrected chi connectivity index (χ4v) is 2.68. The van der Waals surface area contributed by atoms with Crippen molar-refractivity contribution in [1.82, 2.24) is 5.32 Å². The van der Waals surface area contributed by atoms with Crippen molar-refractivity contribution in [2.45, 2.75) is 19.9 Å². The van der Waals surface area contributed by atoms with Crippen molar-refractivity contribution in [2.75, 3.05) is 32.2 Å². The van der Waals surface area contributed by atoms with Crippen LogP contribution in [0.4, 0.5) is 5.69 Å². The van der Waals surface area contributed by atoms with Gasteiger partial charge < -0.3 is 24.8 Å². The molecule has 2 N–H and O–H groups in total. The number of rotatable bonds is 5. The lowest BCUT2D eigenvalue weighted by molar-refractivity contribution is 0.297. The zero-order valence-electron chi connectivity index (χ0n) is 15.2. The number of ether oxygens (including phenoxy) is 3. The normalized spacial score (nSPS) is 13.7. The highest BCUT2D eigenvalue weighted by atomic mass is 16.5.